The third-order valence-corrected chi connectivity index (χ3v) is 10.2. The molecule has 218 valence electrons. The number of hydrogen-bond donors (Lipinski definition) is 0. The highest BCUT2D eigenvalue weighted by molar-refractivity contribution is 8.02. The van der Waals surface area contributed by atoms with E-state index in [2.05, 4.69) is 35.2 Å². The van der Waals surface area contributed by atoms with Crippen molar-refractivity contribution in [3.05, 3.63) is 126 Å². The van der Waals surface area contributed by atoms with Crippen LogP contribution in [-0.2, 0) is 27.5 Å². The zero-order valence-corrected chi connectivity index (χ0v) is 24.9. The van der Waals surface area contributed by atoms with Crippen molar-refractivity contribution < 1.29 is 14.3 Å². The number of amides is 2. The number of ether oxygens (including phenoxy) is 1. The lowest BCUT2D eigenvalue weighted by Gasteiger charge is -2.36. The first-order valence-corrected chi connectivity index (χ1v) is 16.0. The van der Waals surface area contributed by atoms with E-state index in [9.17, 15) is 9.59 Å². The van der Waals surface area contributed by atoms with Crippen molar-refractivity contribution in [1.82, 2.24) is 4.90 Å². The van der Waals surface area contributed by atoms with E-state index in [1.54, 1.807) is 4.90 Å². The zero-order chi connectivity index (χ0) is 29.2. The first-order chi connectivity index (χ1) is 21.1. The number of carbonyl (C=O) groups is 2. The number of rotatable bonds is 8. The maximum absolute atomic E-state index is 14.5. The second-order valence-electron chi connectivity index (χ2n) is 11.6. The van der Waals surface area contributed by atoms with Crippen LogP contribution in [0.2, 0.25) is 0 Å². The highest BCUT2D eigenvalue weighted by Gasteiger charge is 2.61. The van der Waals surface area contributed by atoms with E-state index in [0.29, 0.717) is 24.9 Å². The molecule has 0 N–H and O–H groups in total. The van der Waals surface area contributed by atoms with E-state index in [1.807, 2.05) is 83.8 Å². The average Bonchev–Trinajstić information content (AvgIpc) is 3.52. The van der Waals surface area contributed by atoms with Crippen LogP contribution in [-0.4, -0.2) is 42.2 Å². The van der Waals surface area contributed by atoms with Gasteiger partial charge in [0.05, 0.1) is 18.1 Å². The summed E-state index contributed by atoms with van der Waals surface area (Å²) in [5.74, 6) is 1.53. The van der Waals surface area contributed by atoms with Crippen LogP contribution in [0.5, 0.6) is 5.75 Å². The topological polar surface area (TPSA) is 53.1 Å². The van der Waals surface area contributed by atoms with E-state index in [1.165, 1.54) is 17.3 Å². The summed E-state index contributed by atoms with van der Waals surface area (Å²) in [6.45, 7) is 2.91. The molecule has 7 rings (SSSR count). The Kier molecular flexibility index (Phi) is 7.68. The summed E-state index contributed by atoms with van der Waals surface area (Å²) in [7, 11) is 0. The van der Waals surface area contributed by atoms with Crippen LogP contribution in [0.3, 0.4) is 0 Å². The standard InChI is InChI=1S/C36H35N3O3S/c40-34-25-43-36(39(34)30-15-17-31(18-16-30)42-24-29-11-5-2-6-12-29)32-13-7-8-14-33(32)38(35(36)41)26-37-21-19-28(20-22-37)23-27-9-3-1-4-10-27/h1-18,28H,19-26H2/t36-/m0/s1. The first kappa shape index (κ1) is 27.7. The molecule has 6 nitrogen and oxygen atoms in total. The monoisotopic (exact) mass is 589 g/mol. The molecular weight excluding hydrogens is 554 g/mol. The second kappa shape index (κ2) is 11.9. The third kappa shape index (κ3) is 5.32. The fourth-order valence-electron chi connectivity index (χ4n) is 6.61. The molecule has 0 unspecified atom stereocenters. The lowest BCUT2D eigenvalue weighted by atomic mass is 9.90. The number of piperidine rings is 1. The molecule has 4 aromatic carbocycles. The van der Waals surface area contributed by atoms with Crippen LogP contribution in [0, 0.1) is 5.92 Å². The van der Waals surface area contributed by atoms with Gasteiger partial charge in [0.25, 0.3) is 5.91 Å². The molecule has 43 heavy (non-hydrogen) atoms. The summed E-state index contributed by atoms with van der Waals surface area (Å²) in [5.41, 5.74) is 4.97. The van der Waals surface area contributed by atoms with Gasteiger partial charge >= 0.3 is 0 Å². The normalized spacial score (nSPS) is 20.7. The maximum Gasteiger partial charge on any atom is 0.269 e. The quantitative estimate of drug-likeness (QED) is 0.236. The van der Waals surface area contributed by atoms with Crippen molar-refractivity contribution in [3.8, 4) is 5.75 Å². The molecule has 1 spiro atoms. The van der Waals surface area contributed by atoms with Gasteiger partial charge in [-0.3, -0.25) is 24.3 Å². The molecule has 0 saturated carbocycles. The summed E-state index contributed by atoms with van der Waals surface area (Å²) in [4.78, 5) is 32.8. The molecule has 2 amide bonds. The van der Waals surface area contributed by atoms with Crippen molar-refractivity contribution in [2.24, 2.45) is 5.92 Å². The Balaban J connectivity index is 1.08. The van der Waals surface area contributed by atoms with Crippen LogP contribution in [0.25, 0.3) is 0 Å². The third-order valence-electron chi connectivity index (χ3n) is 8.82. The predicted molar refractivity (Wildman–Crippen MR) is 172 cm³/mol. The van der Waals surface area contributed by atoms with Crippen LogP contribution < -0.4 is 14.5 Å². The van der Waals surface area contributed by atoms with Gasteiger partial charge in [-0.05, 0) is 66.6 Å². The fraction of sp³-hybridized carbons (Fsp3) is 0.278. The average molecular weight is 590 g/mol. The molecule has 3 aliphatic rings. The van der Waals surface area contributed by atoms with Gasteiger partial charge in [0, 0.05) is 24.3 Å². The van der Waals surface area contributed by atoms with E-state index >= 15 is 0 Å². The van der Waals surface area contributed by atoms with E-state index in [4.69, 9.17) is 4.74 Å². The van der Waals surface area contributed by atoms with Crippen molar-refractivity contribution in [2.45, 2.75) is 30.7 Å². The fourth-order valence-corrected chi connectivity index (χ4v) is 7.97. The van der Waals surface area contributed by atoms with Crippen LogP contribution >= 0.6 is 11.8 Å². The van der Waals surface area contributed by atoms with Crippen LogP contribution in [0.15, 0.2) is 109 Å². The second-order valence-corrected chi connectivity index (χ2v) is 12.7. The number of likely N-dealkylation sites (tertiary alicyclic amines) is 1. The summed E-state index contributed by atoms with van der Waals surface area (Å²) in [6.07, 6.45) is 3.33. The van der Waals surface area contributed by atoms with Gasteiger partial charge in [0.1, 0.15) is 12.4 Å². The number of carbonyl (C=O) groups excluding carboxylic acids is 2. The molecule has 0 aliphatic carbocycles. The minimum atomic E-state index is -1.11. The maximum atomic E-state index is 14.5. The Morgan fingerprint density at radius 1 is 0.767 bits per heavy atom. The molecular formula is C36H35N3O3S. The van der Waals surface area contributed by atoms with Crippen molar-refractivity contribution in [1.29, 1.82) is 0 Å². The molecule has 0 aromatic heterocycles. The van der Waals surface area contributed by atoms with E-state index < -0.39 is 4.87 Å². The molecule has 1 atom stereocenters. The molecule has 3 heterocycles. The molecule has 3 aliphatic heterocycles. The van der Waals surface area contributed by atoms with Crippen LogP contribution in [0.4, 0.5) is 11.4 Å². The minimum absolute atomic E-state index is 0.0413. The van der Waals surface area contributed by atoms with Gasteiger partial charge in [-0.1, -0.05) is 78.9 Å². The number of benzene rings is 4. The number of fused-ring (bicyclic) bond motifs is 2. The molecule has 7 heteroatoms. The largest absolute Gasteiger partial charge is 0.489 e. The first-order valence-electron chi connectivity index (χ1n) is 15.0. The highest BCUT2D eigenvalue weighted by Crippen LogP contribution is 2.55. The van der Waals surface area contributed by atoms with Gasteiger partial charge in [-0.15, -0.1) is 11.8 Å². The molecule has 4 aromatic rings. The Hall–Kier alpha value is -4.07. The van der Waals surface area contributed by atoms with Gasteiger partial charge < -0.3 is 4.74 Å². The summed E-state index contributed by atoms with van der Waals surface area (Å²) in [5, 5.41) is 0. The van der Waals surface area contributed by atoms with Gasteiger partial charge in [-0.25, -0.2) is 0 Å². The van der Waals surface area contributed by atoms with Crippen LogP contribution in [0.1, 0.15) is 29.5 Å². The summed E-state index contributed by atoms with van der Waals surface area (Å²) < 4.78 is 5.98. The molecule has 0 bridgehead atoms. The molecule has 2 fully saturated rings. The number of nitrogens with zero attached hydrogens (tertiary/aromatic N) is 3. The summed E-state index contributed by atoms with van der Waals surface area (Å²) >= 11 is 1.43. The lowest BCUT2D eigenvalue weighted by molar-refractivity contribution is -0.124. The van der Waals surface area contributed by atoms with Crippen molar-refractivity contribution in [2.75, 3.05) is 35.3 Å². The Bertz CT molecular complexity index is 1590. The van der Waals surface area contributed by atoms with Gasteiger partial charge in [0.2, 0.25) is 10.8 Å². The van der Waals surface area contributed by atoms with E-state index in [0.717, 1.165) is 54.9 Å². The van der Waals surface area contributed by atoms with Gasteiger partial charge in [0.15, 0.2) is 0 Å². The summed E-state index contributed by atoms with van der Waals surface area (Å²) in [6, 6.07) is 36.3. The smallest absolute Gasteiger partial charge is 0.269 e. The Morgan fingerprint density at radius 3 is 2.14 bits per heavy atom. The van der Waals surface area contributed by atoms with Crippen molar-refractivity contribution >= 4 is 35.0 Å². The predicted octanol–water partition coefficient (Wildman–Crippen LogP) is 6.46. The Morgan fingerprint density at radius 2 is 1.42 bits per heavy atom. The molecule has 2 saturated heterocycles. The number of thioether (sulfide) groups is 1. The Labute approximate surface area is 257 Å². The number of para-hydroxylation sites is 1. The highest BCUT2D eigenvalue weighted by atomic mass is 32.2. The molecule has 0 radical (unpaired) electrons. The van der Waals surface area contributed by atoms with Gasteiger partial charge in [-0.2, -0.15) is 0 Å². The SMILES string of the molecule is O=C1CS[C@@]2(C(=O)N(CN3CCC(Cc4ccccc4)CC3)c3ccccc32)N1c1ccc(OCc2ccccc2)cc1. The zero-order valence-electron chi connectivity index (χ0n) is 24.1. The van der Waals surface area contributed by atoms with E-state index in [-0.39, 0.29) is 17.6 Å². The van der Waals surface area contributed by atoms with Crippen molar-refractivity contribution in [3.63, 3.8) is 0 Å². The number of hydrogen-bond acceptors (Lipinski definition) is 5. The minimum Gasteiger partial charge on any atom is -0.489 e. The number of anilines is 2. The lowest BCUT2D eigenvalue weighted by Crippen LogP contribution is -2.52.